The molecule has 2 N–H and O–H groups in total. The number of hydrogen-bond acceptors (Lipinski definition) is 3. The monoisotopic (exact) mass is 480 g/mol. The summed E-state index contributed by atoms with van der Waals surface area (Å²) >= 11 is 6.17. The first-order valence-electron chi connectivity index (χ1n) is 10.6. The predicted molar refractivity (Wildman–Crippen MR) is 119 cm³/mol. The van der Waals surface area contributed by atoms with Crippen molar-refractivity contribution in [2.24, 2.45) is 0 Å². The second-order valence-corrected chi connectivity index (χ2v) is 8.90. The number of halogens is 4. The number of ether oxygens (including phenoxy) is 1. The van der Waals surface area contributed by atoms with Crippen LogP contribution in [0, 0.1) is 5.21 Å². The van der Waals surface area contributed by atoms with Crippen molar-refractivity contribution in [1.29, 1.82) is 0 Å². The van der Waals surface area contributed by atoms with E-state index in [-0.39, 0.29) is 17.4 Å². The molecule has 5 nitrogen and oxygen atoms in total. The molecule has 3 aromatic rings. The van der Waals surface area contributed by atoms with Crippen LogP contribution in [0.25, 0.3) is 10.9 Å². The minimum absolute atomic E-state index is 0. The van der Waals surface area contributed by atoms with Crippen molar-refractivity contribution in [3.63, 3.8) is 0 Å². The quantitative estimate of drug-likeness (QED) is 0.402. The lowest BCUT2D eigenvalue weighted by atomic mass is 9.78. The average Bonchev–Trinajstić information content (AvgIpc) is 2.79. The fraction of sp³-hybridized carbons (Fsp3) is 0.375. The van der Waals surface area contributed by atoms with Crippen LogP contribution in [-0.2, 0) is 17.3 Å². The molecule has 2 atom stereocenters. The summed E-state index contributed by atoms with van der Waals surface area (Å²) in [5.41, 5.74) is 2.34. The van der Waals surface area contributed by atoms with Crippen molar-refractivity contribution >= 4 is 22.5 Å². The van der Waals surface area contributed by atoms with Gasteiger partial charge in [0.15, 0.2) is 5.69 Å². The number of aromatic nitrogens is 1. The number of nitrogens with zero attached hydrogens (tertiary/aromatic N) is 2. The molecule has 1 aromatic heterocycles. The Morgan fingerprint density at radius 2 is 1.73 bits per heavy atom. The Hall–Kier alpha value is -2.39. The summed E-state index contributed by atoms with van der Waals surface area (Å²) in [4.78, 5) is 2.31. The second kappa shape index (κ2) is 9.10. The molecule has 1 fully saturated rings. The van der Waals surface area contributed by atoms with Crippen LogP contribution in [0.2, 0.25) is 5.02 Å². The molecular weight excluding hydrogens is 457 g/mol. The maximum absolute atomic E-state index is 13.4. The zero-order valence-corrected chi connectivity index (χ0v) is 18.5. The molecule has 0 bridgehead atoms. The molecule has 0 saturated carbocycles. The molecule has 5 rings (SSSR count). The van der Waals surface area contributed by atoms with Gasteiger partial charge in [-0.05, 0) is 48.2 Å². The first-order valence-corrected chi connectivity index (χ1v) is 11.0. The fourth-order valence-corrected chi connectivity index (χ4v) is 5.16. The largest absolute Gasteiger partial charge is 0.618 e. The smallest absolute Gasteiger partial charge is 0.416 e. The molecule has 9 heteroatoms. The molecule has 1 saturated heterocycles. The van der Waals surface area contributed by atoms with Crippen LogP contribution >= 0.6 is 11.6 Å². The van der Waals surface area contributed by atoms with Crippen molar-refractivity contribution in [2.45, 2.75) is 31.0 Å². The van der Waals surface area contributed by atoms with E-state index in [9.17, 15) is 18.4 Å². The number of alkyl halides is 3. The minimum Gasteiger partial charge on any atom is -0.618 e. The Morgan fingerprint density at radius 1 is 1.03 bits per heavy atom. The zero-order valence-electron chi connectivity index (χ0n) is 17.7. The van der Waals surface area contributed by atoms with Crippen molar-refractivity contribution in [2.75, 3.05) is 26.3 Å². The predicted octanol–water partition coefficient (Wildman–Crippen LogP) is 4.42. The van der Waals surface area contributed by atoms with Gasteiger partial charge in [0.2, 0.25) is 5.52 Å². The lowest BCUT2D eigenvalue weighted by molar-refractivity contribution is -0.587. The van der Waals surface area contributed by atoms with Crippen molar-refractivity contribution in [3.8, 4) is 0 Å². The van der Waals surface area contributed by atoms with Gasteiger partial charge in [-0.25, -0.2) is 0 Å². The van der Waals surface area contributed by atoms with Gasteiger partial charge in [0, 0.05) is 47.6 Å². The molecule has 1 aliphatic carbocycles. The van der Waals surface area contributed by atoms with Crippen LogP contribution in [0.4, 0.5) is 13.2 Å². The molecule has 0 radical (unpaired) electrons. The Bertz CT molecular complexity index is 1150. The van der Waals surface area contributed by atoms with E-state index in [1.807, 2.05) is 6.07 Å². The third-order valence-corrected chi connectivity index (χ3v) is 6.84. The van der Waals surface area contributed by atoms with Crippen LogP contribution in [0.3, 0.4) is 0 Å². The van der Waals surface area contributed by atoms with Gasteiger partial charge in [0.1, 0.15) is 0 Å². The summed E-state index contributed by atoms with van der Waals surface area (Å²) in [5.74, 6) is -0.0532. The first-order chi connectivity index (χ1) is 15.3. The summed E-state index contributed by atoms with van der Waals surface area (Å²) in [6.45, 7) is 2.73. The van der Waals surface area contributed by atoms with Crippen molar-refractivity contribution < 1.29 is 28.1 Å². The molecular formula is C24H24ClF3N2O3. The Kier molecular flexibility index (Phi) is 6.55. The van der Waals surface area contributed by atoms with Gasteiger partial charge in [-0.3, -0.25) is 4.90 Å². The molecule has 2 heterocycles. The molecule has 0 amide bonds. The fourth-order valence-electron chi connectivity index (χ4n) is 4.98. The highest BCUT2D eigenvalue weighted by molar-refractivity contribution is 6.31. The van der Waals surface area contributed by atoms with Crippen molar-refractivity contribution in [3.05, 3.63) is 81.1 Å². The van der Waals surface area contributed by atoms with Crippen LogP contribution in [0.15, 0.2) is 48.5 Å². The molecule has 2 aliphatic rings. The van der Waals surface area contributed by atoms with Crippen LogP contribution in [0.5, 0.6) is 0 Å². The highest BCUT2D eigenvalue weighted by Gasteiger charge is 2.38. The first kappa shape index (κ1) is 23.8. The third-order valence-electron chi connectivity index (χ3n) is 6.60. The normalized spacial score (nSPS) is 21.5. The minimum atomic E-state index is -4.37. The van der Waals surface area contributed by atoms with E-state index in [4.69, 9.17) is 16.3 Å². The van der Waals surface area contributed by atoms with Gasteiger partial charge in [-0.1, -0.05) is 23.7 Å². The molecule has 1 aliphatic heterocycles. The van der Waals surface area contributed by atoms with Gasteiger partial charge in [-0.15, -0.1) is 0 Å². The van der Waals surface area contributed by atoms with E-state index >= 15 is 0 Å². The SMILES string of the molecule is O.[O-][n+]1c2c(cc3cc(Cl)ccc31)C(N1CCOCC1)CC(c1ccc(C(F)(F)F)cc1)C2. The lowest BCUT2D eigenvalue weighted by Crippen LogP contribution is -2.45. The zero-order chi connectivity index (χ0) is 22.5. The van der Waals surface area contributed by atoms with E-state index in [1.54, 1.807) is 30.3 Å². The number of rotatable bonds is 2. The number of benzene rings is 2. The summed E-state index contributed by atoms with van der Waals surface area (Å²) in [7, 11) is 0. The molecule has 2 unspecified atom stereocenters. The van der Waals surface area contributed by atoms with Gasteiger partial charge >= 0.3 is 6.18 Å². The van der Waals surface area contributed by atoms with E-state index < -0.39 is 11.7 Å². The van der Waals surface area contributed by atoms with Crippen molar-refractivity contribution in [1.82, 2.24) is 4.90 Å². The summed E-state index contributed by atoms with van der Waals surface area (Å²) in [5, 5.41) is 14.7. The summed E-state index contributed by atoms with van der Waals surface area (Å²) in [6, 6.07) is 12.6. The maximum Gasteiger partial charge on any atom is 0.416 e. The van der Waals surface area contributed by atoms with E-state index in [0.29, 0.717) is 35.9 Å². The topological polar surface area (TPSA) is 70.9 Å². The number of hydrogen-bond donors (Lipinski definition) is 0. The summed E-state index contributed by atoms with van der Waals surface area (Å²) < 4.78 is 45.6. The molecule has 0 spiro atoms. The maximum atomic E-state index is 13.4. The van der Waals surface area contributed by atoms with Gasteiger partial charge in [0.25, 0.3) is 0 Å². The number of morpholine rings is 1. The van der Waals surface area contributed by atoms with Crippen LogP contribution in [0.1, 0.15) is 40.8 Å². The lowest BCUT2D eigenvalue weighted by Gasteiger charge is -2.39. The number of pyridine rings is 1. The van der Waals surface area contributed by atoms with Crippen LogP contribution in [-0.4, -0.2) is 36.7 Å². The second-order valence-electron chi connectivity index (χ2n) is 8.46. The Morgan fingerprint density at radius 3 is 2.39 bits per heavy atom. The Labute approximate surface area is 194 Å². The average molecular weight is 481 g/mol. The van der Waals surface area contributed by atoms with Gasteiger partial charge in [0.05, 0.1) is 18.8 Å². The standard InChI is InChI=1S/C24H22ClF3N2O2.H2O/c25-19-5-6-21-17(11-19)12-20-22(29-7-9-32-10-8-29)13-16(14-23(20)30(21)31)15-1-3-18(4-2-15)24(26,27)28;/h1-6,11-12,16,22H,7-10,13-14H2;1H2. The molecule has 2 aromatic carbocycles. The molecule has 33 heavy (non-hydrogen) atoms. The molecule has 176 valence electrons. The Balaban J connectivity index is 0.00000259. The van der Waals surface area contributed by atoms with Gasteiger partial charge in [-0.2, -0.15) is 17.9 Å². The highest BCUT2D eigenvalue weighted by Crippen LogP contribution is 2.42. The van der Waals surface area contributed by atoms with E-state index in [1.165, 1.54) is 0 Å². The highest BCUT2D eigenvalue weighted by atomic mass is 35.5. The summed E-state index contributed by atoms with van der Waals surface area (Å²) in [6.07, 6.45) is -3.17. The van der Waals surface area contributed by atoms with E-state index in [2.05, 4.69) is 4.90 Å². The third kappa shape index (κ3) is 4.53. The number of fused-ring (bicyclic) bond motifs is 2. The van der Waals surface area contributed by atoms with Crippen LogP contribution < -0.4 is 4.73 Å². The van der Waals surface area contributed by atoms with Gasteiger partial charge < -0.3 is 15.4 Å². The van der Waals surface area contributed by atoms with E-state index in [0.717, 1.165) is 52.9 Å².